The number of hydrogen-bond acceptors (Lipinski definition) is 6. The van der Waals surface area contributed by atoms with E-state index in [1.807, 2.05) is 5.43 Å². The Bertz CT molecular complexity index is 581. The molecule has 0 aliphatic carbocycles. The molecule has 9 heteroatoms. The number of benzene rings is 1. The monoisotopic (exact) mass is 329 g/mol. The molecule has 0 atom stereocenters. The van der Waals surface area contributed by atoms with E-state index in [-0.39, 0.29) is 17.0 Å². The molecule has 0 unspecified atom stereocenters. The molecule has 1 aromatic carbocycles. The number of anilines is 1. The summed E-state index contributed by atoms with van der Waals surface area (Å²) in [6, 6.07) is 2.11. The molecule has 1 aliphatic rings. The van der Waals surface area contributed by atoms with E-state index in [2.05, 4.69) is 9.84 Å². The van der Waals surface area contributed by atoms with Gasteiger partial charge in [0.1, 0.15) is 17.3 Å². The molecule has 0 radical (unpaired) electrons. The highest BCUT2D eigenvalue weighted by Gasteiger charge is 2.21. The van der Waals surface area contributed by atoms with Crippen LogP contribution in [-0.4, -0.2) is 56.9 Å². The van der Waals surface area contributed by atoms with Crippen LogP contribution in [0.4, 0.5) is 19.3 Å². The SMILES string of the molecule is COC(=O)NN=C(CO)c1cc(F)c(N2CCOCC2)c(F)c1. The number of halogens is 2. The number of ether oxygens (including phenoxy) is 2. The summed E-state index contributed by atoms with van der Waals surface area (Å²) < 4.78 is 38.0. The van der Waals surface area contributed by atoms with Gasteiger partial charge in [-0.1, -0.05) is 0 Å². The van der Waals surface area contributed by atoms with Gasteiger partial charge in [-0.3, -0.25) is 0 Å². The first-order valence-electron chi connectivity index (χ1n) is 6.90. The van der Waals surface area contributed by atoms with E-state index in [1.165, 1.54) is 0 Å². The second-order valence-corrected chi connectivity index (χ2v) is 4.71. The lowest BCUT2D eigenvalue weighted by Crippen LogP contribution is -2.37. The quantitative estimate of drug-likeness (QED) is 0.632. The topological polar surface area (TPSA) is 83.4 Å². The third kappa shape index (κ3) is 4.14. The van der Waals surface area contributed by atoms with E-state index in [0.29, 0.717) is 26.3 Å². The maximum Gasteiger partial charge on any atom is 0.427 e. The summed E-state index contributed by atoms with van der Waals surface area (Å²) in [4.78, 5) is 12.5. The summed E-state index contributed by atoms with van der Waals surface area (Å²) in [5.41, 5.74) is 1.78. The highest BCUT2D eigenvalue weighted by Crippen LogP contribution is 2.26. The average molecular weight is 329 g/mol. The predicted octanol–water partition coefficient (Wildman–Crippen LogP) is 0.854. The number of aliphatic hydroxyl groups excluding tert-OH is 1. The first-order chi connectivity index (χ1) is 11.1. The smallest absolute Gasteiger partial charge is 0.427 e. The van der Waals surface area contributed by atoms with Gasteiger partial charge in [-0.15, -0.1) is 0 Å². The average Bonchev–Trinajstić information content (AvgIpc) is 2.55. The molecule has 1 heterocycles. The van der Waals surface area contributed by atoms with Gasteiger partial charge in [-0.2, -0.15) is 5.10 Å². The van der Waals surface area contributed by atoms with E-state index < -0.39 is 24.3 Å². The molecule has 23 heavy (non-hydrogen) atoms. The Labute approximate surface area is 131 Å². The highest BCUT2D eigenvalue weighted by molar-refractivity contribution is 6.02. The van der Waals surface area contributed by atoms with Crippen molar-refractivity contribution in [2.24, 2.45) is 5.10 Å². The lowest BCUT2D eigenvalue weighted by Gasteiger charge is -2.29. The molecule has 2 N–H and O–H groups in total. The second-order valence-electron chi connectivity index (χ2n) is 4.71. The number of nitrogens with zero attached hydrogens (tertiary/aromatic N) is 2. The van der Waals surface area contributed by atoms with Gasteiger partial charge in [0.25, 0.3) is 0 Å². The lowest BCUT2D eigenvalue weighted by molar-refractivity contribution is 0.122. The molecule has 0 saturated carbocycles. The normalized spacial score (nSPS) is 15.5. The second kappa shape index (κ2) is 7.84. The number of aliphatic hydroxyl groups is 1. The molecule has 2 rings (SSSR count). The van der Waals surface area contributed by atoms with Crippen LogP contribution in [-0.2, 0) is 9.47 Å². The van der Waals surface area contributed by atoms with Crippen LogP contribution in [0.1, 0.15) is 5.56 Å². The number of hydrogen-bond donors (Lipinski definition) is 2. The minimum absolute atomic E-state index is 0.0240. The summed E-state index contributed by atoms with van der Waals surface area (Å²) in [5.74, 6) is -1.55. The fraction of sp³-hybridized carbons (Fsp3) is 0.429. The molecule has 1 aromatic rings. The van der Waals surface area contributed by atoms with Gasteiger partial charge in [0.15, 0.2) is 0 Å². The maximum absolute atomic E-state index is 14.3. The van der Waals surface area contributed by atoms with Crippen LogP contribution in [0.5, 0.6) is 0 Å². The molecule has 0 aromatic heterocycles. The van der Waals surface area contributed by atoms with Crippen molar-refractivity contribution in [3.63, 3.8) is 0 Å². The van der Waals surface area contributed by atoms with E-state index >= 15 is 0 Å². The number of hydrazone groups is 1. The lowest BCUT2D eigenvalue weighted by atomic mass is 10.1. The number of morpholine rings is 1. The van der Waals surface area contributed by atoms with Crippen molar-refractivity contribution in [2.45, 2.75) is 0 Å². The summed E-state index contributed by atoms with van der Waals surface area (Å²) in [5, 5.41) is 12.9. The third-order valence-corrected chi connectivity index (χ3v) is 3.29. The Morgan fingerprint density at radius 1 is 1.39 bits per heavy atom. The van der Waals surface area contributed by atoms with Gasteiger partial charge < -0.3 is 19.5 Å². The first-order valence-corrected chi connectivity index (χ1v) is 6.90. The third-order valence-electron chi connectivity index (χ3n) is 3.29. The van der Waals surface area contributed by atoms with Crippen LogP contribution in [0.15, 0.2) is 17.2 Å². The molecular weight excluding hydrogens is 312 g/mol. The van der Waals surface area contributed by atoms with Crippen molar-refractivity contribution in [3.8, 4) is 0 Å². The van der Waals surface area contributed by atoms with Crippen molar-refractivity contribution in [2.75, 3.05) is 44.9 Å². The Kier molecular flexibility index (Phi) is 5.83. The Morgan fingerprint density at radius 3 is 2.52 bits per heavy atom. The summed E-state index contributed by atoms with van der Waals surface area (Å²) in [7, 11) is 1.14. The molecule has 1 aliphatic heterocycles. The fourth-order valence-electron chi connectivity index (χ4n) is 2.17. The summed E-state index contributed by atoms with van der Waals surface area (Å²) in [6.07, 6.45) is -0.859. The molecular formula is C14H17F2N3O4. The van der Waals surface area contributed by atoms with E-state index in [0.717, 1.165) is 19.2 Å². The van der Waals surface area contributed by atoms with E-state index in [4.69, 9.17) is 4.74 Å². The molecule has 1 amide bonds. The van der Waals surface area contributed by atoms with Crippen molar-refractivity contribution in [1.29, 1.82) is 0 Å². The largest absolute Gasteiger partial charge is 0.452 e. The van der Waals surface area contributed by atoms with E-state index in [9.17, 15) is 18.7 Å². The Hall–Kier alpha value is -2.26. The van der Waals surface area contributed by atoms with Gasteiger partial charge >= 0.3 is 6.09 Å². The van der Waals surface area contributed by atoms with Crippen LogP contribution in [0.2, 0.25) is 0 Å². The molecule has 0 spiro atoms. The van der Waals surface area contributed by atoms with Gasteiger partial charge in [0, 0.05) is 18.7 Å². The number of rotatable bonds is 4. The van der Waals surface area contributed by atoms with Crippen LogP contribution in [0.3, 0.4) is 0 Å². The van der Waals surface area contributed by atoms with Crippen molar-refractivity contribution < 1.29 is 28.2 Å². The number of amides is 1. The molecule has 7 nitrogen and oxygen atoms in total. The molecule has 0 bridgehead atoms. The number of carbonyl (C=O) groups is 1. The zero-order chi connectivity index (χ0) is 16.8. The molecule has 1 fully saturated rings. The van der Waals surface area contributed by atoms with Gasteiger partial charge in [-0.05, 0) is 12.1 Å². The van der Waals surface area contributed by atoms with E-state index in [1.54, 1.807) is 4.90 Å². The van der Waals surface area contributed by atoms with Gasteiger partial charge in [0.05, 0.1) is 32.6 Å². The van der Waals surface area contributed by atoms with Crippen molar-refractivity contribution in [1.82, 2.24) is 5.43 Å². The van der Waals surface area contributed by atoms with Crippen LogP contribution >= 0.6 is 0 Å². The van der Waals surface area contributed by atoms with Crippen LogP contribution < -0.4 is 10.3 Å². The number of carbonyl (C=O) groups excluding carboxylic acids is 1. The number of methoxy groups -OCH3 is 1. The standard InChI is InChI=1S/C14H17F2N3O4/c1-22-14(21)18-17-12(8-20)9-6-10(15)13(11(16)7-9)19-2-4-23-5-3-19/h6-7,20H,2-5,8H2,1H3,(H,18,21). The Balaban J connectivity index is 2.28. The summed E-state index contributed by atoms with van der Waals surface area (Å²) in [6.45, 7) is 0.954. The Morgan fingerprint density at radius 2 is 2.00 bits per heavy atom. The first kappa shape index (κ1) is 17.1. The fourth-order valence-corrected chi connectivity index (χ4v) is 2.17. The van der Waals surface area contributed by atoms with Crippen LogP contribution in [0, 0.1) is 11.6 Å². The van der Waals surface area contributed by atoms with Gasteiger partial charge in [-0.25, -0.2) is 19.0 Å². The minimum Gasteiger partial charge on any atom is -0.452 e. The highest BCUT2D eigenvalue weighted by atomic mass is 19.1. The van der Waals surface area contributed by atoms with Crippen molar-refractivity contribution in [3.05, 3.63) is 29.3 Å². The zero-order valence-electron chi connectivity index (χ0n) is 12.5. The summed E-state index contributed by atoms with van der Waals surface area (Å²) >= 11 is 0. The van der Waals surface area contributed by atoms with Crippen molar-refractivity contribution >= 4 is 17.5 Å². The maximum atomic E-state index is 14.3. The number of nitrogens with one attached hydrogen (secondary N) is 1. The molecule has 1 saturated heterocycles. The van der Waals surface area contributed by atoms with Gasteiger partial charge in [0.2, 0.25) is 0 Å². The molecule has 126 valence electrons. The predicted molar refractivity (Wildman–Crippen MR) is 78.6 cm³/mol. The zero-order valence-corrected chi connectivity index (χ0v) is 12.5. The van der Waals surface area contributed by atoms with Crippen LogP contribution in [0.25, 0.3) is 0 Å². The minimum atomic E-state index is -0.859.